The van der Waals surface area contributed by atoms with Crippen molar-refractivity contribution in [1.82, 2.24) is 0 Å². The second kappa shape index (κ2) is 7.13. The first-order valence-corrected chi connectivity index (χ1v) is 7.13. The van der Waals surface area contributed by atoms with Gasteiger partial charge in [-0.05, 0) is 49.3 Å². The van der Waals surface area contributed by atoms with Crippen LogP contribution in [0.3, 0.4) is 0 Å². The highest BCUT2D eigenvalue weighted by Crippen LogP contribution is 2.21. The molecule has 1 aliphatic rings. The summed E-state index contributed by atoms with van der Waals surface area (Å²) in [6, 6.07) is 7.79. The van der Waals surface area contributed by atoms with Crippen molar-refractivity contribution >= 4 is 5.97 Å². The van der Waals surface area contributed by atoms with Gasteiger partial charge < -0.3 is 4.74 Å². The molecule has 2 heteroatoms. The largest absolute Gasteiger partial charge is 0.465 e. The molecular formula is C17H22O2. The van der Waals surface area contributed by atoms with E-state index < -0.39 is 0 Å². The number of hydrogen-bond donors (Lipinski definition) is 0. The molecule has 0 heterocycles. The Morgan fingerprint density at radius 2 is 2.00 bits per heavy atom. The molecule has 0 saturated carbocycles. The Morgan fingerprint density at radius 3 is 2.74 bits per heavy atom. The lowest BCUT2D eigenvalue weighted by Gasteiger charge is -2.15. The Morgan fingerprint density at radius 1 is 1.21 bits per heavy atom. The number of esters is 1. The standard InChI is InChI=1S/C17H22O2/c1-19-17(18)16-11-9-15(10-12-16)13-14-7-5-3-2-4-6-8-14/h5,7,9-12,14H,2-4,6,8,13H2,1H3/b7-5-. The lowest BCUT2D eigenvalue weighted by atomic mass is 9.91. The van der Waals surface area contributed by atoms with Crippen LogP contribution in [-0.2, 0) is 11.2 Å². The van der Waals surface area contributed by atoms with Gasteiger partial charge in [-0.15, -0.1) is 0 Å². The molecule has 19 heavy (non-hydrogen) atoms. The van der Waals surface area contributed by atoms with Gasteiger partial charge in [-0.2, -0.15) is 0 Å². The van der Waals surface area contributed by atoms with E-state index in [0.29, 0.717) is 11.5 Å². The summed E-state index contributed by atoms with van der Waals surface area (Å²) in [7, 11) is 1.41. The maximum Gasteiger partial charge on any atom is 0.337 e. The smallest absolute Gasteiger partial charge is 0.337 e. The van der Waals surface area contributed by atoms with Crippen LogP contribution >= 0.6 is 0 Å². The highest BCUT2D eigenvalue weighted by Gasteiger charge is 2.09. The lowest BCUT2D eigenvalue weighted by molar-refractivity contribution is 0.0600. The van der Waals surface area contributed by atoms with Gasteiger partial charge in [-0.3, -0.25) is 0 Å². The molecule has 0 radical (unpaired) electrons. The molecule has 1 aliphatic carbocycles. The van der Waals surface area contributed by atoms with E-state index in [1.54, 1.807) is 0 Å². The van der Waals surface area contributed by atoms with Gasteiger partial charge in [-0.25, -0.2) is 4.79 Å². The fraction of sp³-hybridized carbons (Fsp3) is 0.471. The number of ether oxygens (including phenoxy) is 1. The van der Waals surface area contributed by atoms with Gasteiger partial charge in [-0.1, -0.05) is 37.1 Å². The predicted molar refractivity (Wildman–Crippen MR) is 77.2 cm³/mol. The van der Waals surface area contributed by atoms with Gasteiger partial charge in [0.15, 0.2) is 0 Å². The minimum Gasteiger partial charge on any atom is -0.465 e. The van der Waals surface area contributed by atoms with Crippen LogP contribution in [0, 0.1) is 5.92 Å². The molecule has 2 nitrogen and oxygen atoms in total. The molecule has 1 aromatic carbocycles. The topological polar surface area (TPSA) is 26.3 Å². The quantitative estimate of drug-likeness (QED) is 0.601. The van der Waals surface area contributed by atoms with Crippen molar-refractivity contribution in [2.45, 2.75) is 38.5 Å². The first-order valence-electron chi connectivity index (χ1n) is 7.13. The van der Waals surface area contributed by atoms with E-state index >= 15 is 0 Å². The first-order chi connectivity index (χ1) is 9.29. The third-order valence-corrected chi connectivity index (χ3v) is 3.73. The van der Waals surface area contributed by atoms with Crippen LogP contribution < -0.4 is 0 Å². The molecule has 0 spiro atoms. The zero-order valence-electron chi connectivity index (χ0n) is 11.6. The number of carbonyl (C=O) groups is 1. The summed E-state index contributed by atoms with van der Waals surface area (Å²) in [6.45, 7) is 0. The van der Waals surface area contributed by atoms with Crippen LogP contribution in [-0.4, -0.2) is 13.1 Å². The number of rotatable bonds is 3. The van der Waals surface area contributed by atoms with Crippen molar-refractivity contribution in [3.8, 4) is 0 Å². The number of allylic oxidation sites excluding steroid dienone is 2. The van der Waals surface area contributed by atoms with Crippen LogP contribution in [0.2, 0.25) is 0 Å². The zero-order valence-corrected chi connectivity index (χ0v) is 11.6. The van der Waals surface area contributed by atoms with Crippen molar-refractivity contribution in [1.29, 1.82) is 0 Å². The Kier molecular flexibility index (Phi) is 5.20. The lowest BCUT2D eigenvalue weighted by Crippen LogP contribution is -2.05. The third kappa shape index (κ3) is 4.23. The van der Waals surface area contributed by atoms with Gasteiger partial charge in [0, 0.05) is 0 Å². The van der Waals surface area contributed by atoms with Crippen LogP contribution in [0.4, 0.5) is 0 Å². The van der Waals surface area contributed by atoms with E-state index in [1.807, 2.05) is 24.3 Å². The number of methoxy groups -OCH3 is 1. The summed E-state index contributed by atoms with van der Waals surface area (Å²) in [5.74, 6) is 0.377. The maximum atomic E-state index is 11.4. The number of benzene rings is 1. The summed E-state index contributed by atoms with van der Waals surface area (Å²) in [4.78, 5) is 11.4. The third-order valence-electron chi connectivity index (χ3n) is 3.73. The van der Waals surface area contributed by atoms with Crippen molar-refractivity contribution in [2.75, 3.05) is 7.11 Å². The van der Waals surface area contributed by atoms with Crippen molar-refractivity contribution in [3.05, 3.63) is 47.5 Å². The predicted octanol–water partition coefficient (Wildman–Crippen LogP) is 4.15. The summed E-state index contributed by atoms with van der Waals surface area (Å²) in [5, 5.41) is 0. The SMILES string of the molecule is COC(=O)c1ccc(CC2/C=C\CCCCC2)cc1. The summed E-state index contributed by atoms with van der Waals surface area (Å²) in [6.07, 6.45) is 12.3. The molecule has 0 amide bonds. The average molecular weight is 258 g/mol. The van der Waals surface area contributed by atoms with E-state index in [-0.39, 0.29) is 5.97 Å². The first kappa shape index (κ1) is 13.9. The van der Waals surface area contributed by atoms with E-state index in [9.17, 15) is 4.79 Å². The Hall–Kier alpha value is -1.57. The Balaban J connectivity index is 1.98. The monoisotopic (exact) mass is 258 g/mol. The Labute approximate surface area is 115 Å². The van der Waals surface area contributed by atoms with Gasteiger partial charge in [0.05, 0.1) is 12.7 Å². The number of carbonyl (C=O) groups excluding carboxylic acids is 1. The van der Waals surface area contributed by atoms with Crippen LogP contribution in [0.1, 0.15) is 48.0 Å². The van der Waals surface area contributed by atoms with Gasteiger partial charge >= 0.3 is 5.97 Å². The van der Waals surface area contributed by atoms with Gasteiger partial charge in [0.2, 0.25) is 0 Å². The molecule has 2 rings (SSSR count). The van der Waals surface area contributed by atoms with Crippen molar-refractivity contribution < 1.29 is 9.53 Å². The van der Waals surface area contributed by atoms with Gasteiger partial charge in [0.1, 0.15) is 0 Å². The molecule has 1 unspecified atom stereocenters. The van der Waals surface area contributed by atoms with Crippen LogP contribution in [0.5, 0.6) is 0 Å². The van der Waals surface area contributed by atoms with Gasteiger partial charge in [0.25, 0.3) is 0 Å². The minimum absolute atomic E-state index is 0.266. The highest BCUT2D eigenvalue weighted by atomic mass is 16.5. The molecule has 0 fully saturated rings. The molecule has 0 aromatic heterocycles. The van der Waals surface area contributed by atoms with Crippen LogP contribution in [0.15, 0.2) is 36.4 Å². The zero-order chi connectivity index (χ0) is 13.5. The highest BCUT2D eigenvalue weighted by molar-refractivity contribution is 5.89. The molecule has 1 atom stereocenters. The van der Waals surface area contributed by atoms with E-state index in [4.69, 9.17) is 4.74 Å². The minimum atomic E-state index is -0.266. The van der Waals surface area contributed by atoms with Crippen molar-refractivity contribution in [2.24, 2.45) is 5.92 Å². The molecule has 1 aromatic rings. The van der Waals surface area contributed by atoms with E-state index in [2.05, 4.69) is 12.2 Å². The molecule has 0 N–H and O–H groups in total. The summed E-state index contributed by atoms with van der Waals surface area (Å²) < 4.78 is 4.71. The van der Waals surface area contributed by atoms with E-state index in [0.717, 1.165) is 6.42 Å². The molecule has 0 bridgehead atoms. The molecular weight excluding hydrogens is 236 g/mol. The Bertz CT molecular complexity index is 431. The fourth-order valence-corrected chi connectivity index (χ4v) is 2.60. The second-order valence-electron chi connectivity index (χ2n) is 5.22. The molecule has 0 saturated heterocycles. The maximum absolute atomic E-state index is 11.4. The number of hydrogen-bond acceptors (Lipinski definition) is 2. The normalized spacial score (nSPS) is 21.2. The molecule has 0 aliphatic heterocycles. The van der Waals surface area contributed by atoms with Crippen LogP contribution in [0.25, 0.3) is 0 Å². The fourth-order valence-electron chi connectivity index (χ4n) is 2.60. The van der Waals surface area contributed by atoms with E-state index in [1.165, 1.54) is 44.8 Å². The molecule has 102 valence electrons. The van der Waals surface area contributed by atoms with Crippen molar-refractivity contribution in [3.63, 3.8) is 0 Å². The summed E-state index contributed by atoms with van der Waals surface area (Å²) >= 11 is 0. The summed E-state index contributed by atoms with van der Waals surface area (Å²) in [5.41, 5.74) is 1.92. The second-order valence-corrected chi connectivity index (χ2v) is 5.22. The average Bonchev–Trinajstić information content (AvgIpc) is 2.41.